The number of nitrogens with zero attached hydrogens (tertiary/aromatic N) is 1. The summed E-state index contributed by atoms with van der Waals surface area (Å²) >= 11 is 0. The van der Waals surface area contributed by atoms with E-state index in [4.69, 9.17) is 5.73 Å². The van der Waals surface area contributed by atoms with Gasteiger partial charge in [0, 0.05) is 19.1 Å². The van der Waals surface area contributed by atoms with Crippen LogP contribution in [0.2, 0.25) is 0 Å². The summed E-state index contributed by atoms with van der Waals surface area (Å²) in [7, 11) is 0. The highest BCUT2D eigenvalue weighted by atomic mass is 15.2. The summed E-state index contributed by atoms with van der Waals surface area (Å²) in [5.74, 6) is 1.55. The fourth-order valence-corrected chi connectivity index (χ4v) is 3.78. The largest absolute Gasteiger partial charge is 0.326 e. The smallest absolute Gasteiger partial charge is 0.0501 e. The third kappa shape index (κ3) is 3.42. The van der Waals surface area contributed by atoms with Crippen LogP contribution in [0, 0.1) is 18.8 Å². The molecule has 1 aliphatic rings. The molecule has 4 unspecified atom stereocenters. The summed E-state index contributed by atoms with van der Waals surface area (Å²) in [4.78, 5) is 2.63. The molecule has 0 saturated carbocycles. The molecule has 1 aromatic carbocycles. The molecule has 2 heteroatoms. The highest BCUT2D eigenvalue weighted by Crippen LogP contribution is 2.33. The lowest BCUT2D eigenvalue weighted by atomic mass is 9.86. The second kappa shape index (κ2) is 6.73. The molecular formula is C18H30N2. The number of hydrogen-bond acceptors (Lipinski definition) is 2. The van der Waals surface area contributed by atoms with E-state index in [-0.39, 0.29) is 6.04 Å². The first kappa shape index (κ1) is 15.5. The van der Waals surface area contributed by atoms with Crippen LogP contribution in [0.3, 0.4) is 0 Å². The fraction of sp³-hybridized carbons (Fsp3) is 0.667. The molecule has 1 heterocycles. The van der Waals surface area contributed by atoms with Crippen molar-refractivity contribution in [2.24, 2.45) is 17.6 Å². The van der Waals surface area contributed by atoms with Gasteiger partial charge in [-0.3, -0.25) is 4.90 Å². The molecule has 20 heavy (non-hydrogen) atoms. The SMILES string of the molecule is CCC(N)C(c1ccccc1C)N1CC(C)CC(C)C1. The first-order chi connectivity index (χ1) is 9.52. The summed E-state index contributed by atoms with van der Waals surface area (Å²) in [6, 6.07) is 9.32. The quantitative estimate of drug-likeness (QED) is 0.906. The predicted octanol–water partition coefficient (Wildman–Crippen LogP) is 3.75. The van der Waals surface area contributed by atoms with Crippen molar-refractivity contribution in [3.8, 4) is 0 Å². The zero-order chi connectivity index (χ0) is 14.7. The van der Waals surface area contributed by atoms with E-state index in [1.807, 2.05) is 0 Å². The van der Waals surface area contributed by atoms with E-state index in [9.17, 15) is 0 Å². The van der Waals surface area contributed by atoms with Crippen molar-refractivity contribution < 1.29 is 0 Å². The van der Waals surface area contributed by atoms with Crippen molar-refractivity contribution in [2.75, 3.05) is 13.1 Å². The monoisotopic (exact) mass is 274 g/mol. The Hall–Kier alpha value is -0.860. The van der Waals surface area contributed by atoms with Crippen molar-refractivity contribution in [2.45, 2.75) is 52.6 Å². The molecule has 0 aliphatic carbocycles. The Labute approximate surface area is 124 Å². The third-order valence-corrected chi connectivity index (χ3v) is 4.67. The zero-order valence-electron chi connectivity index (χ0n) is 13.5. The molecule has 0 bridgehead atoms. The minimum atomic E-state index is 0.216. The summed E-state index contributed by atoms with van der Waals surface area (Å²) in [6.45, 7) is 11.5. The minimum Gasteiger partial charge on any atom is -0.326 e. The van der Waals surface area contributed by atoms with E-state index in [2.05, 4.69) is 56.9 Å². The van der Waals surface area contributed by atoms with Crippen molar-refractivity contribution in [3.63, 3.8) is 0 Å². The molecule has 1 saturated heterocycles. The number of likely N-dealkylation sites (tertiary alicyclic amines) is 1. The van der Waals surface area contributed by atoms with E-state index in [0.717, 1.165) is 18.3 Å². The maximum Gasteiger partial charge on any atom is 0.0501 e. The van der Waals surface area contributed by atoms with Crippen LogP contribution in [0.15, 0.2) is 24.3 Å². The Morgan fingerprint density at radius 2 is 1.80 bits per heavy atom. The first-order valence-corrected chi connectivity index (χ1v) is 8.08. The van der Waals surface area contributed by atoms with Gasteiger partial charge in [0.05, 0.1) is 6.04 Å². The number of aryl methyl sites for hydroxylation is 1. The maximum absolute atomic E-state index is 6.50. The summed E-state index contributed by atoms with van der Waals surface area (Å²) in [5, 5.41) is 0. The molecule has 2 N–H and O–H groups in total. The molecular weight excluding hydrogens is 244 g/mol. The molecule has 2 rings (SSSR count). The average Bonchev–Trinajstić information content (AvgIpc) is 2.40. The molecule has 0 amide bonds. The van der Waals surface area contributed by atoms with E-state index in [1.54, 1.807) is 0 Å². The highest BCUT2D eigenvalue weighted by Gasteiger charge is 2.31. The lowest BCUT2D eigenvalue weighted by Gasteiger charge is -2.43. The molecule has 4 atom stereocenters. The standard InChI is InChI=1S/C18H30N2/c1-5-17(19)18(16-9-7-6-8-15(16)4)20-11-13(2)10-14(3)12-20/h6-9,13-14,17-18H,5,10-12,19H2,1-4H3. The molecule has 1 aromatic rings. The number of nitrogens with two attached hydrogens (primary N) is 1. The Bertz CT molecular complexity index is 419. The number of rotatable bonds is 4. The van der Waals surface area contributed by atoms with E-state index in [0.29, 0.717) is 6.04 Å². The number of benzene rings is 1. The van der Waals surface area contributed by atoms with Crippen LogP contribution < -0.4 is 5.73 Å². The Kier molecular flexibility index (Phi) is 5.22. The molecule has 1 fully saturated rings. The summed E-state index contributed by atoms with van der Waals surface area (Å²) in [5.41, 5.74) is 9.29. The summed E-state index contributed by atoms with van der Waals surface area (Å²) < 4.78 is 0. The van der Waals surface area contributed by atoms with Gasteiger partial charge in [0.2, 0.25) is 0 Å². The van der Waals surface area contributed by atoms with Gasteiger partial charge in [-0.25, -0.2) is 0 Å². The molecule has 1 aliphatic heterocycles. The minimum absolute atomic E-state index is 0.216. The topological polar surface area (TPSA) is 29.3 Å². The van der Waals surface area contributed by atoms with Gasteiger partial charge >= 0.3 is 0 Å². The Morgan fingerprint density at radius 3 is 2.35 bits per heavy atom. The predicted molar refractivity (Wildman–Crippen MR) is 86.7 cm³/mol. The van der Waals surface area contributed by atoms with Crippen LogP contribution in [0.5, 0.6) is 0 Å². The van der Waals surface area contributed by atoms with Gasteiger partial charge in [0.1, 0.15) is 0 Å². The lowest BCUT2D eigenvalue weighted by molar-refractivity contribution is 0.0807. The van der Waals surface area contributed by atoms with Crippen LogP contribution in [0.25, 0.3) is 0 Å². The first-order valence-electron chi connectivity index (χ1n) is 8.08. The van der Waals surface area contributed by atoms with E-state index >= 15 is 0 Å². The van der Waals surface area contributed by atoms with Crippen molar-refractivity contribution in [1.82, 2.24) is 4.90 Å². The molecule has 0 aromatic heterocycles. The van der Waals surface area contributed by atoms with Gasteiger partial charge < -0.3 is 5.73 Å². The maximum atomic E-state index is 6.50. The highest BCUT2D eigenvalue weighted by molar-refractivity contribution is 5.30. The van der Waals surface area contributed by atoms with Crippen molar-refractivity contribution in [1.29, 1.82) is 0 Å². The van der Waals surface area contributed by atoms with Crippen LogP contribution in [0.1, 0.15) is 50.8 Å². The number of piperidine rings is 1. The fourth-order valence-electron chi connectivity index (χ4n) is 3.78. The van der Waals surface area contributed by atoms with Gasteiger partial charge in [-0.15, -0.1) is 0 Å². The summed E-state index contributed by atoms with van der Waals surface area (Å²) in [6.07, 6.45) is 2.37. The van der Waals surface area contributed by atoms with Gasteiger partial charge in [-0.05, 0) is 42.7 Å². The van der Waals surface area contributed by atoms with Gasteiger partial charge in [-0.2, -0.15) is 0 Å². The van der Waals surface area contributed by atoms with Crippen LogP contribution in [-0.2, 0) is 0 Å². The Balaban J connectivity index is 2.30. The van der Waals surface area contributed by atoms with Crippen LogP contribution in [-0.4, -0.2) is 24.0 Å². The molecule has 2 nitrogen and oxygen atoms in total. The van der Waals surface area contributed by atoms with Crippen LogP contribution in [0.4, 0.5) is 0 Å². The zero-order valence-corrected chi connectivity index (χ0v) is 13.5. The van der Waals surface area contributed by atoms with E-state index < -0.39 is 0 Å². The molecule has 112 valence electrons. The molecule has 0 spiro atoms. The van der Waals surface area contributed by atoms with Crippen LogP contribution >= 0.6 is 0 Å². The second-order valence-electron chi connectivity index (χ2n) is 6.77. The van der Waals surface area contributed by atoms with Crippen molar-refractivity contribution in [3.05, 3.63) is 35.4 Å². The van der Waals surface area contributed by atoms with Gasteiger partial charge in [0.25, 0.3) is 0 Å². The third-order valence-electron chi connectivity index (χ3n) is 4.67. The number of hydrogen-bond donors (Lipinski definition) is 1. The Morgan fingerprint density at radius 1 is 1.20 bits per heavy atom. The second-order valence-corrected chi connectivity index (χ2v) is 6.77. The van der Waals surface area contributed by atoms with Crippen molar-refractivity contribution >= 4 is 0 Å². The van der Waals surface area contributed by atoms with Gasteiger partial charge in [-0.1, -0.05) is 45.0 Å². The average molecular weight is 274 g/mol. The molecule has 0 radical (unpaired) electrons. The normalized spacial score (nSPS) is 27.2. The van der Waals surface area contributed by atoms with Gasteiger partial charge in [0.15, 0.2) is 0 Å². The van der Waals surface area contributed by atoms with E-state index in [1.165, 1.54) is 30.6 Å². The lowest BCUT2D eigenvalue weighted by Crippen LogP contribution is -2.47.